The van der Waals surface area contributed by atoms with Gasteiger partial charge in [0.2, 0.25) is 5.78 Å². The van der Waals surface area contributed by atoms with E-state index in [2.05, 4.69) is 0 Å². The summed E-state index contributed by atoms with van der Waals surface area (Å²) in [5.74, 6) is 0.671. The molecule has 28 heavy (non-hydrogen) atoms. The highest BCUT2D eigenvalue weighted by Crippen LogP contribution is 2.26. The molecule has 0 atom stereocenters. The molecular weight excluding hydrogens is 360 g/mol. The number of ether oxygens (including phenoxy) is 1. The van der Waals surface area contributed by atoms with Crippen molar-refractivity contribution in [3.8, 4) is 23.1 Å². The summed E-state index contributed by atoms with van der Waals surface area (Å²) in [5, 5.41) is 20.1. The van der Waals surface area contributed by atoms with Gasteiger partial charge in [0.25, 0.3) is 5.69 Å². The number of hydrogen-bond acceptors (Lipinski definition) is 6. The number of nitrogens with zero attached hydrogens (tertiary/aromatic N) is 2. The molecule has 1 aromatic heterocycles. The zero-order chi connectivity index (χ0) is 20.1. The summed E-state index contributed by atoms with van der Waals surface area (Å²) in [7, 11) is 1.45. The van der Waals surface area contributed by atoms with E-state index in [-0.39, 0.29) is 16.8 Å². The number of benzene rings is 2. The quantitative estimate of drug-likeness (QED) is 0.204. The fourth-order valence-corrected chi connectivity index (χ4v) is 2.60. The van der Waals surface area contributed by atoms with Gasteiger partial charge in [-0.25, -0.2) is 0 Å². The van der Waals surface area contributed by atoms with Gasteiger partial charge in [-0.3, -0.25) is 14.9 Å². The van der Waals surface area contributed by atoms with Gasteiger partial charge in [-0.05, 0) is 36.4 Å². The predicted molar refractivity (Wildman–Crippen MR) is 102 cm³/mol. The molecule has 0 aliphatic rings. The maximum atomic E-state index is 12.7. The summed E-state index contributed by atoms with van der Waals surface area (Å²) in [6.45, 7) is 0. The van der Waals surface area contributed by atoms with Crippen LogP contribution in [0.5, 0.6) is 5.75 Å². The minimum Gasteiger partial charge on any atom is -0.496 e. The van der Waals surface area contributed by atoms with Crippen LogP contribution in [0.4, 0.5) is 5.69 Å². The first-order valence-electron chi connectivity index (χ1n) is 8.17. The van der Waals surface area contributed by atoms with Crippen molar-refractivity contribution < 1.29 is 18.9 Å². The van der Waals surface area contributed by atoms with Gasteiger partial charge in [-0.1, -0.05) is 12.1 Å². The number of nitro benzene ring substituents is 1. The number of para-hydroxylation sites is 1. The van der Waals surface area contributed by atoms with Gasteiger partial charge in [0.15, 0.2) is 0 Å². The fraction of sp³-hybridized carbons (Fsp3) is 0.0476. The van der Waals surface area contributed by atoms with Crippen molar-refractivity contribution in [3.63, 3.8) is 0 Å². The predicted octanol–water partition coefficient (Wildman–Crippen LogP) is 4.65. The number of rotatable bonds is 6. The van der Waals surface area contributed by atoms with E-state index >= 15 is 0 Å². The van der Waals surface area contributed by atoms with Crippen LogP contribution in [0.1, 0.15) is 16.1 Å². The molecule has 7 nitrogen and oxygen atoms in total. The van der Waals surface area contributed by atoms with E-state index in [4.69, 9.17) is 9.15 Å². The lowest BCUT2D eigenvalue weighted by Gasteiger charge is -2.05. The second kappa shape index (κ2) is 8.01. The van der Waals surface area contributed by atoms with Crippen LogP contribution < -0.4 is 4.74 Å². The third kappa shape index (κ3) is 3.81. The standard InChI is InChI=1S/C21H14N2O5/c1-27-20-5-3-2-4-18(20)21(24)15(13-22)12-17-10-11-19(28-17)14-6-8-16(9-7-14)23(25)26/h2-12H,1H3/b15-12+. The van der Waals surface area contributed by atoms with Crippen LogP contribution in [0.3, 0.4) is 0 Å². The van der Waals surface area contributed by atoms with Gasteiger partial charge in [0, 0.05) is 23.8 Å². The zero-order valence-corrected chi connectivity index (χ0v) is 14.8. The van der Waals surface area contributed by atoms with Crippen molar-refractivity contribution in [3.05, 3.63) is 87.7 Å². The first-order chi connectivity index (χ1) is 13.5. The molecule has 0 saturated carbocycles. The Morgan fingerprint density at radius 1 is 1.14 bits per heavy atom. The van der Waals surface area contributed by atoms with Crippen LogP contribution in [-0.2, 0) is 0 Å². The average molecular weight is 374 g/mol. The highest BCUT2D eigenvalue weighted by molar-refractivity contribution is 6.15. The van der Waals surface area contributed by atoms with Crippen LogP contribution in [0.15, 0.2) is 70.7 Å². The topological polar surface area (TPSA) is 106 Å². The molecule has 0 radical (unpaired) electrons. The Morgan fingerprint density at radius 2 is 1.86 bits per heavy atom. The number of ketones is 1. The maximum Gasteiger partial charge on any atom is 0.269 e. The lowest BCUT2D eigenvalue weighted by atomic mass is 10.0. The van der Waals surface area contributed by atoms with Crippen molar-refractivity contribution in [2.75, 3.05) is 7.11 Å². The van der Waals surface area contributed by atoms with Crippen molar-refractivity contribution in [1.29, 1.82) is 5.26 Å². The molecule has 3 rings (SSSR count). The summed E-state index contributed by atoms with van der Waals surface area (Å²) in [6.07, 6.45) is 1.35. The second-order valence-electron chi connectivity index (χ2n) is 5.71. The Kier molecular flexibility index (Phi) is 5.33. The van der Waals surface area contributed by atoms with Gasteiger partial charge in [-0.15, -0.1) is 0 Å². The molecule has 0 fully saturated rings. The average Bonchev–Trinajstić information content (AvgIpc) is 3.20. The summed E-state index contributed by atoms with van der Waals surface area (Å²) in [4.78, 5) is 22.9. The number of furan rings is 1. The van der Waals surface area contributed by atoms with Gasteiger partial charge in [-0.2, -0.15) is 5.26 Å². The molecule has 0 aliphatic carbocycles. The lowest BCUT2D eigenvalue weighted by Crippen LogP contribution is -2.04. The third-order valence-electron chi connectivity index (χ3n) is 3.99. The molecule has 0 saturated heterocycles. The van der Waals surface area contributed by atoms with Crippen LogP contribution in [0, 0.1) is 21.4 Å². The Balaban J connectivity index is 1.89. The number of nitriles is 1. The largest absolute Gasteiger partial charge is 0.496 e. The number of non-ortho nitro benzene ring substituents is 1. The normalized spacial score (nSPS) is 10.9. The SMILES string of the molecule is COc1ccccc1C(=O)/C(C#N)=C/c1ccc(-c2ccc([N+](=O)[O-])cc2)o1. The van der Waals surface area contributed by atoms with Gasteiger partial charge in [0.05, 0.1) is 17.6 Å². The highest BCUT2D eigenvalue weighted by atomic mass is 16.6. The molecule has 0 amide bonds. The van der Waals surface area contributed by atoms with Crippen molar-refractivity contribution in [2.45, 2.75) is 0 Å². The van der Waals surface area contributed by atoms with Gasteiger partial charge >= 0.3 is 0 Å². The Labute approximate surface area is 160 Å². The lowest BCUT2D eigenvalue weighted by molar-refractivity contribution is -0.384. The Bertz CT molecular complexity index is 1100. The zero-order valence-electron chi connectivity index (χ0n) is 14.8. The molecule has 0 bridgehead atoms. The first kappa shape index (κ1) is 18.6. The molecule has 138 valence electrons. The van der Waals surface area contributed by atoms with Crippen molar-refractivity contribution >= 4 is 17.5 Å². The van der Waals surface area contributed by atoms with Crippen LogP contribution >= 0.6 is 0 Å². The summed E-state index contributed by atoms with van der Waals surface area (Å²) in [5.41, 5.74) is 0.790. The van der Waals surface area contributed by atoms with E-state index in [1.165, 1.54) is 25.3 Å². The minimum absolute atomic E-state index is 0.0235. The minimum atomic E-state index is -0.483. The smallest absolute Gasteiger partial charge is 0.269 e. The number of hydrogen-bond donors (Lipinski definition) is 0. The Morgan fingerprint density at radius 3 is 2.50 bits per heavy atom. The molecule has 0 spiro atoms. The van der Waals surface area contributed by atoms with Crippen LogP contribution in [0.2, 0.25) is 0 Å². The Hall–Kier alpha value is -4.18. The number of carbonyl (C=O) groups excluding carboxylic acids is 1. The monoisotopic (exact) mass is 374 g/mol. The van der Waals surface area contributed by atoms with E-state index in [1.54, 1.807) is 48.5 Å². The molecule has 0 N–H and O–H groups in total. The molecule has 2 aromatic carbocycles. The number of nitro groups is 1. The van der Waals surface area contributed by atoms with Crippen molar-refractivity contribution in [1.82, 2.24) is 0 Å². The third-order valence-corrected chi connectivity index (χ3v) is 3.99. The molecule has 3 aromatic rings. The van der Waals surface area contributed by atoms with E-state index < -0.39 is 10.7 Å². The number of carbonyl (C=O) groups is 1. The van der Waals surface area contributed by atoms with Gasteiger partial charge in [0.1, 0.15) is 28.9 Å². The number of Topliss-reactive ketones (excluding diaryl/α,β-unsaturated/α-hetero) is 1. The number of allylic oxidation sites excluding steroid dienone is 1. The number of methoxy groups -OCH3 is 1. The van der Waals surface area contributed by atoms with E-state index in [9.17, 15) is 20.2 Å². The fourth-order valence-electron chi connectivity index (χ4n) is 2.60. The molecule has 0 unspecified atom stereocenters. The van der Waals surface area contributed by atoms with Gasteiger partial charge < -0.3 is 9.15 Å². The van der Waals surface area contributed by atoms with E-state index in [0.717, 1.165) is 0 Å². The molecular formula is C21H14N2O5. The molecule has 1 heterocycles. The highest BCUT2D eigenvalue weighted by Gasteiger charge is 2.17. The summed E-state index contributed by atoms with van der Waals surface area (Å²) in [6, 6.07) is 17.7. The van der Waals surface area contributed by atoms with Crippen LogP contribution in [-0.4, -0.2) is 17.8 Å². The molecule has 0 aliphatic heterocycles. The van der Waals surface area contributed by atoms with Crippen LogP contribution in [0.25, 0.3) is 17.4 Å². The van der Waals surface area contributed by atoms with Crippen molar-refractivity contribution in [2.24, 2.45) is 0 Å². The first-order valence-corrected chi connectivity index (χ1v) is 8.17. The molecule has 7 heteroatoms. The maximum absolute atomic E-state index is 12.7. The summed E-state index contributed by atoms with van der Waals surface area (Å²) >= 11 is 0. The van der Waals surface area contributed by atoms with E-state index in [0.29, 0.717) is 22.8 Å². The second-order valence-corrected chi connectivity index (χ2v) is 5.71. The summed E-state index contributed by atoms with van der Waals surface area (Å²) < 4.78 is 10.8. The van der Waals surface area contributed by atoms with E-state index in [1.807, 2.05) is 6.07 Å².